The second kappa shape index (κ2) is 6.98. The number of ether oxygens (including phenoxy) is 1. The largest absolute Gasteiger partial charge is 0.497 e. The molecular weight excluding hydrogens is 248 g/mol. The average molecular weight is 276 g/mol. The molecular formula is C17H28N2O. The summed E-state index contributed by atoms with van der Waals surface area (Å²) in [6.45, 7) is 5.78. The summed E-state index contributed by atoms with van der Waals surface area (Å²) >= 11 is 0. The molecule has 0 bridgehead atoms. The van der Waals surface area contributed by atoms with Gasteiger partial charge in [0.15, 0.2) is 0 Å². The lowest BCUT2D eigenvalue weighted by atomic mass is 9.75. The molecule has 0 spiro atoms. The first-order valence-corrected chi connectivity index (χ1v) is 7.75. The molecule has 0 amide bonds. The van der Waals surface area contributed by atoms with Crippen molar-refractivity contribution in [2.45, 2.75) is 32.6 Å². The summed E-state index contributed by atoms with van der Waals surface area (Å²) in [5, 5.41) is 3.49. The van der Waals surface area contributed by atoms with Crippen molar-refractivity contribution in [3.8, 4) is 5.75 Å². The summed E-state index contributed by atoms with van der Waals surface area (Å²) in [7, 11) is 3.92. The highest BCUT2D eigenvalue weighted by Crippen LogP contribution is 2.35. The van der Waals surface area contributed by atoms with Crippen LogP contribution in [0, 0.1) is 5.41 Å². The van der Waals surface area contributed by atoms with Crippen LogP contribution in [-0.2, 0) is 0 Å². The lowest BCUT2D eigenvalue weighted by Crippen LogP contribution is -2.43. The molecule has 1 aliphatic heterocycles. The maximum Gasteiger partial charge on any atom is 0.119 e. The Balaban J connectivity index is 2.04. The van der Waals surface area contributed by atoms with Crippen molar-refractivity contribution in [2.24, 2.45) is 5.41 Å². The molecule has 20 heavy (non-hydrogen) atoms. The van der Waals surface area contributed by atoms with E-state index in [0.29, 0.717) is 5.41 Å². The summed E-state index contributed by atoms with van der Waals surface area (Å²) in [5.74, 6) is 0.923. The van der Waals surface area contributed by atoms with Gasteiger partial charge in [-0.1, -0.05) is 13.3 Å². The normalized spacial score (nSPS) is 17.8. The monoisotopic (exact) mass is 276 g/mol. The molecule has 0 atom stereocenters. The van der Waals surface area contributed by atoms with Crippen molar-refractivity contribution in [1.82, 2.24) is 5.32 Å². The third-order valence-corrected chi connectivity index (χ3v) is 4.53. The minimum absolute atomic E-state index is 0.481. The first kappa shape index (κ1) is 15.2. The molecule has 1 aromatic rings. The minimum atomic E-state index is 0.481. The van der Waals surface area contributed by atoms with Crippen LogP contribution in [0.25, 0.3) is 0 Å². The molecule has 112 valence electrons. The van der Waals surface area contributed by atoms with Gasteiger partial charge in [-0.15, -0.1) is 0 Å². The molecule has 3 heteroatoms. The number of hydrogen-bond donors (Lipinski definition) is 1. The Morgan fingerprint density at radius 3 is 2.40 bits per heavy atom. The smallest absolute Gasteiger partial charge is 0.119 e. The molecule has 1 fully saturated rings. The van der Waals surface area contributed by atoms with E-state index in [1.807, 2.05) is 12.1 Å². The second-order valence-electron chi connectivity index (χ2n) is 6.05. The molecule has 0 radical (unpaired) electrons. The highest BCUT2D eigenvalue weighted by Gasteiger charge is 2.32. The van der Waals surface area contributed by atoms with Gasteiger partial charge in [-0.3, -0.25) is 0 Å². The predicted octanol–water partition coefficient (Wildman–Crippen LogP) is 3.30. The Morgan fingerprint density at radius 2 is 1.85 bits per heavy atom. The van der Waals surface area contributed by atoms with E-state index >= 15 is 0 Å². The van der Waals surface area contributed by atoms with Gasteiger partial charge in [-0.25, -0.2) is 0 Å². The third kappa shape index (κ3) is 3.66. The molecule has 0 unspecified atom stereocenters. The van der Waals surface area contributed by atoms with Crippen LogP contribution in [-0.4, -0.2) is 33.8 Å². The van der Waals surface area contributed by atoms with Crippen LogP contribution in [0.4, 0.5) is 5.69 Å². The van der Waals surface area contributed by atoms with Gasteiger partial charge in [0.05, 0.1) is 7.11 Å². The Bertz CT molecular complexity index is 390. The van der Waals surface area contributed by atoms with Crippen LogP contribution in [0.5, 0.6) is 5.75 Å². The van der Waals surface area contributed by atoms with Crippen molar-refractivity contribution in [3.05, 3.63) is 24.3 Å². The van der Waals surface area contributed by atoms with Crippen LogP contribution in [0.3, 0.4) is 0 Å². The topological polar surface area (TPSA) is 24.5 Å². The summed E-state index contributed by atoms with van der Waals surface area (Å²) in [6, 6.07) is 8.39. The number of nitrogens with zero attached hydrogens (tertiary/aromatic N) is 1. The molecule has 1 saturated heterocycles. The van der Waals surface area contributed by atoms with E-state index < -0.39 is 0 Å². The van der Waals surface area contributed by atoms with E-state index in [-0.39, 0.29) is 0 Å². The van der Waals surface area contributed by atoms with Gasteiger partial charge in [0, 0.05) is 19.3 Å². The molecule has 0 aromatic heterocycles. The van der Waals surface area contributed by atoms with Crippen LogP contribution in [0.15, 0.2) is 24.3 Å². The molecule has 2 rings (SSSR count). The van der Waals surface area contributed by atoms with Crippen LogP contribution < -0.4 is 15.0 Å². The summed E-state index contributed by atoms with van der Waals surface area (Å²) in [6.07, 6.45) is 5.19. The van der Waals surface area contributed by atoms with E-state index in [4.69, 9.17) is 4.74 Å². The zero-order chi connectivity index (χ0) is 14.4. The first-order chi connectivity index (χ1) is 9.69. The van der Waals surface area contributed by atoms with Gasteiger partial charge >= 0.3 is 0 Å². The van der Waals surface area contributed by atoms with Gasteiger partial charge in [0.1, 0.15) is 5.75 Å². The van der Waals surface area contributed by atoms with E-state index in [9.17, 15) is 0 Å². The SMILES string of the molecule is CCCC1(CN(C)c2ccc(OC)cc2)CCNCC1. The maximum absolute atomic E-state index is 5.23. The van der Waals surface area contributed by atoms with Gasteiger partial charge in [-0.2, -0.15) is 0 Å². The minimum Gasteiger partial charge on any atom is -0.497 e. The lowest BCUT2D eigenvalue weighted by molar-refractivity contribution is 0.190. The van der Waals surface area contributed by atoms with E-state index in [1.165, 1.54) is 31.4 Å². The fourth-order valence-corrected chi connectivity index (χ4v) is 3.41. The van der Waals surface area contributed by atoms with Gasteiger partial charge in [-0.05, 0) is 62.0 Å². The molecule has 1 N–H and O–H groups in total. The molecule has 0 aliphatic carbocycles. The second-order valence-corrected chi connectivity index (χ2v) is 6.05. The van der Waals surface area contributed by atoms with Gasteiger partial charge in [0.25, 0.3) is 0 Å². The number of anilines is 1. The molecule has 0 saturated carbocycles. The zero-order valence-electron chi connectivity index (χ0n) is 13.1. The van der Waals surface area contributed by atoms with Crippen molar-refractivity contribution >= 4 is 5.69 Å². The average Bonchev–Trinajstić information content (AvgIpc) is 2.48. The predicted molar refractivity (Wildman–Crippen MR) is 85.7 cm³/mol. The van der Waals surface area contributed by atoms with Crippen LogP contribution >= 0.6 is 0 Å². The molecule has 1 aromatic carbocycles. The van der Waals surface area contributed by atoms with E-state index in [2.05, 4.69) is 36.3 Å². The number of piperidine rings is 1. The third-order valence-electron chi connectivity index (χ3n) is 4.53. The van der Waals surface area contributed by atoms with Crippen LogP contribution in [0.2, 0.25) is 0 Å². The Kier molecular flexibility index (Phi) is 5.30. The fraction of sp³-hybridized carbons (Fsp3) is 0.647. The first-order valence-electron chi connectivity index (χ1n) is 7.75. The zero-order valence-corrected chi connectivity index (χ0v) is 13.1. The van der Waals surface area contributed by atoms with E-state index in [1.54, 1.807) is 7.11 Å². The Labute approximate surface area is 123 Å². The number of hydrogen-bond acceptors (Lipinski definition) is 3. The highest BCUT2D eigenvalue weighted by atomic mass is 16.5. The van der Waals surface area contributed by atoms with Crippen molar-refractivity contribution in [3.63, 3.8) is 0 Å². The maximum atomic E-state index is 5.23. The van der Waals surface area contributed by atoms with E-state index in [0.717, 1.165) is 25.4 Å². The quantitative estimate of drug-likeness (QED) is 0.863. The molecule has 1 aliphatic rings. The number of rotatable bonds is 6. The van der Waals surface area contributed by atoms with Crippen molar-refractivity contribution in [2.75, 3.05) is 38.7 Å². The van der Waals surface area contributed by atoms with Crippen molar-refractivity contribution in [1.29, 1.82) is 0 Å². The Hall–Kier alpha value is -1.22. The van der Waals surface area contributed by atoms with Gasteiger partial charge in [0.2, 0.25) is 0 Å². The summed E-state index contributed by atoms with van der Waals surface area (Å²) in [4.78, 5) is 2.40. The Morgan fingerprint density at radius 1 is 1.20 bits per heavy atom. The highest BCUT2D eigenvalue weighted by molar-refractivity contribution is 5.48. The van der Waals surface area contributed by atoms with Gasteiger partial charge < -0.3 is 15.0 Å². The lowest BCUT2D eigenvalue weighted by Gasteiger charge is -2.41. The van der Waals surface area contributed by atoms with Crippen molar-refractivity contribution < 1.29 is 4.74 Å². The molecule has 3 nitrogen and oxygen atoms in total. The number of nitrogens with one attached hydrogen (secondary N) is 1. The summed E-state index contributed by atoms with van der Waals surface area (Å²) < 4.78 is 5.23. The summed E-state index contributed by atoms with van der Waals surface area (Å²) in [5.41, 5.74) is 1.76. The standard InChI is InChI=1S/C17H28N2O/c1-4-9-17(10-12-18-13-11-17)14-19(2)15-5-7-16(20-3)8-6-15/h5-8,18H,4,9-14H2,1-3H3. The number of benzene rings is 1. The molecule has 1 heterocycles. The number of methoxy groups -OCH3 is 1. The fourth-order valence-electron chi connectivity index (χ4n) is 3.41. The van der Waals surface area contributed by atoms with Crippen LogP contribution in [0.1, 0.15) is 32.6 Å².